The Kier molecular flexibility index (Phi) is 4.27. The molecule has 7 heteroatoms. The van der Waals surface area contributed by atoms with Crippen LogP contribution in [-0.4, -0.2) is 27.4 Å². The molecule has 0 unspecified atom stereocenters. The van der Waals surface area contributed by atoms with E-state index in [0.29, 0.717) is 18.8 Å². The van der Waals surface area contributed by atoms with E-state index in [0.717, 1.165) is 41.8 Å². The minimum Gasteiger partial charge on any atom is -0.361 e. The summed E-state index contributed by atoms with van der Waals surface area (Å²) in [6.45, 7) is 4.34. The molecule has 1 N–H and O–H groups in total. The lowest BCUT2D eigenvalue weighted by Gasteiger charge is -2.08. The predicted octanol–water partition coefficient (Wildman–Crippen LogP) is 0.696. The van der Waals surface area contributed by atoms with Crippen molar-refractivity contribution in [2.45, 2.75) is 46.1 Å². The minimum atomic E-state index is -0.117. The molecule has 0 atom stereocenters. The highest BCUT2D eigenvalue weighted by atomic mass is 16.5. The Morgan fingerprint density at radius 1 is 1.39 bits per heavy atom. The van der Waals surface area contributed by atoms with Gasteiger partial charge in [0, 0.05) is 18.2 Å². The zero-order valence-corrected chi connectivity index (χ0v) is 13.4. The van der Waals surface area contributed by atoms with Crippen LogP contribution in [0.15, 0.2) is 15.4 Å². The van der Waals surface area contributed by atoms with Crippen molar-refractivity contribution in [3.05, 3.63) is 44.7 Å². The van der Waals surface area contributed by atoms with Crippen LogP contribution in [0.1, 0.15) is 34.7 Å². The predicted molar refractivity (Wildman–Crippen MR) is 83.2 cm³/mol. The zero-order chi connectivity index (χ0) is 16.4. The maximum atomic E-state index is 12.0. The Balaban J connectivity index is 1.55. The van der Waals surface area contributed by atoms with E-state index < -0.39 is 0 Å². The summed E-state index contributed by atoms with van der Waals surface area (Å²) in [7, 11) is 0. The van der Waals surface area contributed by atoms with Crippen LogP contribution >= 0.6 is 0 Å². The molecular weight excluding hydrogens is 296 g/mol. The lowest BCUT2D eigenvalue weighted by molar-refractivity contribution is -0.120. The molecule has 0 aliphatic heterocycles. The second-order valence-corrected chi connectivity index (χ2v) is 5.86. The summed E-state index contributed by atoms with van der Waals surface area (Å²) in [5.41, 5.74) is 3.51. The van der Waals surface area contributed by atoms with E-state index in [-0.39, 0.29) is 17.9 Å². The van der Waals surface area contributed by atoms with E-state index in [1.807, 2.05) is 6.92 Å². The summed E-state index contributed by atoms with van der Waals surface area (Å²) in [6, 6.07) is 1.67. The maximum absolute atomic E-state index is 12.0. The summed E-state index contributed by atoms with van der Waals surface area (Å²) in [5.74, 6) is 0.544. The normalized spacial score (nSPS) is 13.1. The first-order valence-corrected chi connectivity index (χ1v) is 7.83. The molecular formula is C16H20N4O3. The van der Waals surface area contributed by atoms with Gasteiger partial charge in [-0.15, -0.1) is 0 Å². The third-order valence-corrected chi connectivity index (χ3v) is 4.19. The van der Waals surface area contributed by atoms with E-state index in [1.165, 1.54) is 4.68 Å². The fourth-order valence-electron chi connectivity index (χ4n) is 2.88. The number of carbonyl (C=O) groups excluding carboxylic acids is 1. The smallest absolute Gasteiger partial charge is 0.267 e. The van der Waals surface area contributed by atoms with Crippen molar-refractivity contribution in [1.29, 1.82) is 0 Å². The van der Waals surface area contributed by atoms with Crippen molar-refractivity contribution in [3.63, 3.8) is 0 Å². The molecule has 1 aliphatic rings. The number of carbonyl (C=O) groups is 1. The highest BCUT2D eigenvalue weighted by Gasteiger charge is 2.15. The van der Waals surface area contributed by atoms with Crippen molar-refractivity contribution in [2.75, 3.05) is 6.54 Å². The van der Waals surface area contributed by atoms with Crippen LogP contribution in [0.3, 0.4) is 0 Å². The summed E-state index contributed by atoms with van der Waals surface area (Å²) >= 11 is 0. The molecule has 0 fully saturated rings. The summed E-state index contributed by atoms with van der Waals surface area (Å²) in [4.78, 5) is 24.0. The molecule has 1 amide bonds. The van der Waals surface area contributed by atoms with E-state index in [9.17, 15) is 9.59 Å². The summed E-state index contributed by atoms with van der Waals surface area (Å²) in [5, 5.41) is 11.0. The van der Waals surface area contributed by atoms with E-state index in [2.05, 4.69) is 15.6 Å². The van der Waals surface area contributed by atoms with Gasteiger partial charge in [-0.25, -0.2) is 4.68 Å². The summed E-state index contributed by atoms with van der Waals surface area (Å²) < 4.78 is 6.47. The number of hydrogen-bond donors (Lipinski definition) is 1. The topological polar surface area (TPSA) is 90.0 Å². The molecule has 122 valence electrons. The van der Waals surface area contributed by atoms with Gasteiger partial charge >= 0.3 is 0 Å². The largest absolute Gasteiger partial charge is 0.361 e. The van der Waals surface area contributed by atoms with Crippen LogP contribution in [0.4, 0.5) is 0 Å². The van der Waals surface area contributed by atoms with Crippen molar-refractivity contribution in [2.24, 2.45) is 0 Å². The number of rotatable bonds is 5. The molecule has 23 heavy (non-hydrogen) atoms. The van der Waals surface area contributed by atoms with Crippen molar-refractivity contribution in [1.82, 2.24) is 20.3 Å². The van der Waals surface area contributed by atoms with Crippen molar-refractivity contribution >= 4 is 5.91 Å². The molecule has 0 radical (unpaired) electrons. The SMILES string of the molecule is Cc1noc(C)c1CC(=O)NCCn1nc2c(cc1=O)CCC2. The first-order chi connectivity index (χ1) is 11.0. The van der Waals surface area contributed by atoms with Crippen LogP contribution in [0.2, 0.25) is 0 Å². The molecule has 3 rings (SSSR count). The van der Waals surface area contributed by atoms with Crippen LogP contribution in [0.5, 0.6) is 0 Å². The fraction of sp³-hybridized carbons (Fsp3) is 0.500. The van der Waals surface area contributed by atoms with Crippen LogP contribution < -0.4 is 10.9 Å². The lowest BCUT2D eigenvalue weighted by atomic mass is 10.1. The summed E-state index contributed by atoms with van der Waals surface area (Å²) in [6.07, 6.45) is 3.15. The molecule has 0 saturated carbocycles. The van der Waals surface area contributed by atoms with Gasteiger partial charge in [0.15, 0.2) is 0 Å². The number of amides is 1. The third kappa shape index (κ3) is 3.33. The standard InChI is InChI=1S/C16H20N4O3/c1-10-13(11(2)23-19-10)9-15(21)17-6-7-20-16(22)8-12-4-3-5-14(12)18-20/h8H,3-7,9H2,1-2H3,(H,17,21). The first kappa shape index (κ1) is 15.5. The van der Waals surface area contributed by atoms with Gasteiger partial charge in [0.2, 0.25) is 5.91 Å². The maximum Gasteiger partial charge on any atom is 0.267 e. The van der Waals surface area contributed by atoms with Crippen LogP contribution in [0, 0.1) is 13.8 Å². The van der Waals surface area contributed by atoms with E-state index in [4.69, 9.17) is 4.52 Å². The molecule has 7 nitrogen and oxygen atoms in total. The second kappa shape index (κ2) is 6.36. The molecule has 0 spiro atoms. The molecule has 2 aromatic rings. The molecule has 2 heterocycles. The van der Waals surface area contributed by atoms with Gasteiger partial charge in [-0.3, -0.25) is 9.59 Å². The fourth-order valence-corrected chi connectivity index (χ4v) is 2.88. The van der Waals surface area contributed by atoms with Gasteiger partial charge in [0.1, 0.15) is 5.76 Å². The first-order valence-electron chi connectivity index (χ1n) is 7.83. The number of aryl methyl sites for hydroxylation is 4. The average molecular weight is 316 g/mol. The highest BCUT2D eigenvalue weighted by Crippen LogP contribution is 2.16. The Morgan fingerprint density at radius 2 is 2.22 bits per heavy atom. The van der Waals surface area contributed by atoms with Gasteiger partial charge in [0.25, 0.3) is 5.56 Å². The van der Waals surface area contributed by atoms with E-state index in [1.54, 1.807) is 13.0 Å². The lowest BCUT2D eigenvalue weighted by Crippen LogP contribution is -2.33. The quantitative estimate of drug-likeness (QED) is 0.877. The highest BCUT2D eigenvalue weighted by molar-refractivity contribution is 5.78. The second-order valence-electron chi connectivity index (χ2n) is 5.86. The van der Waals surface area contributed by atoms with Gasteiger partial charge < -0.3 is 9.84 Å². The van der Waals surface area contributed by atoms with Gasteiger partial charge in [-0.05, 0) is 38.7 Å². The Bertz CT molecular complexity index is 772. The Hall–Kier alpha value is -2.44. The number of nitrogens with zero attached hydrogens (tertiary/aromatic N) is 3. The van der Waals surface area contributed by atoms with Crippen molar-refractivity contribution in [3.8, 4) is 0 Å². The number of aromatic nitrogens is 3. The number of hydrogen-bond acceptors (Lipinski definition) is 5. The average Bonchev–Trinajstić information content (AvgIpc) is 3.08. The monoisotopic (exact) mass is 316 g/mol. The molecule has 0 saturated heterocycles. The number of nitrogens with one attached hydrogen (secondary N) is 1. The minimum absolute atomic E-state index is 0.106. The number of fused-ring (bicyclic) bond motifs is 1. The van der Waals surface area contributed by atoms with Gasteiger partial charge in [-0.2, -0.15) is 5.10 Å². The van der Waals surface area contributed by atoms with Gasteiger partial charge in [0.05, 0.1) is 24.4 Å². The van der Waals surface area contributed by atoms with Gasteiger partial charge in [-0.1, -0.05) is 5.16 Å². The Morgan fingerprint density at radius 3 is 2.96 bits per heavy atom. The van der Waals surface area contributed by atoms with Crippen LogP contribution in [0.25, 0.3) is 0 Å². The molecule has 2 aromatic heterocycles. The van der Waals surface area contributed by atoms with Crippen molar-refractivity contribution < 1.29 is 9.32 Å². The molecule has 0 aromatic carbocycles. The third-order valence-electron chi connectivity index (χ3n) is 4.19. The van der Waals surface area contributed by atoms with Crippen LogP contribution in [-0.2, 0) is 30.6 Å². The molecule has 1 aliphatic carbocycles. The zero-order valence-electron chi connectivity index (χ0n) is 13.4. The molecule has 0 bridgehead atoms. The van der Waals surface area contributed by atoms with E-state index >= 15 is 0 Å². The Labute approximate surface area is 133 Å².